The number of ether oxygens (including phenoxy) is 1. The number of piperidine rings is 1. The first kappa shape index (κ1) is 16.1. The maximum Gasteiger partial charge on any atom is 0.131 e. The monoisotopic (exact) mass is 265 g/mol. The number of nitrogens with zero attached hydrogens (tertiary/aromatic N) is 1. The van der Waals surface area contributed by atoms with Gasteiger partial charge in [0.2, 0.25) is 0 Å². The van der Waals surface area contributed by atoms with Gasteiger partial charge in [0.25, 0.3) is 0 Å². The van der Waals surface area contributed by atoms with Crippen molar-refractivity contribution in [3.8, 4) is 11.8 Å². The van der Waals surface area contributed by atoms with E-state index in [-0.39, 0.29) is 5.92 Å². The van der Waals surface area contributed by atoms with Gasteiger partial charge in [0, 0.05) is 31.0 Å². The summed E-state index contributed by atoms with van der Waals surface area (Å²) in [6.07, 6.45) is 6.19. The van der Waals surface area contributed by atoms with E-state index in [1.807, 2.05) is 0 Å². The van der Waals surface area contributed by atoms with Crippen LogP contribution in [-0.2, 0) is 4.74 Å². The lowest BCUT2D eigenvalue weighted by Crippen LogP contribution is -2.52. The quantitative estimate of drug-likeness (QED) is 0.481. The summed E-state index contributed by atoms with van der Waals surface area (Å²) in [5.41, 5.74) is -0.875. The molecule has 3 heteroatoms. The molecule has 0 spiro atoms. The predicted molar refractivity (Wildman–Crippen MR) is 78.6 cm³/mol. The molecule has 0 bridgehead atoms. The van der Waals surface area contributed by atoms with Crippen LogP contribution in [0.5, 0.6) is 0 Å². The van der Waals surface area contributed by atoms with E-state index in [0.29, 0.717) is 12.5 Å². The molecule has 0 aliphatic carbocycles. The third kappa shape index (κ3) is 4.89. The Balaban J connectivity index is 2.50. The van der Waals surface area contributed by atoms with Crippen LogP contribution in [-0.4, -0.2) is 41.8 Å². The van der Waals surface area contributed by atoms with E-state index in [0.717, 1.165) is 26.0 Å². The van der Waals surface area contributed by atoms with E-state index in [1.165, 1.54) is 0 Å². The summed E-state index contributed by atoms with van der Waals surface area (Å²) in [4.78, 5) is 2.27. The lowest BCUT2D eigenvalue weighted by molar-refractivity contribution is -0.0346. The highest BCUT2D eigenvalue weighted by atomic mass is 16.5. The second kappa shape index (κ2) is 7.57. The van der Waals surface area contributed by atoms with Crippen LogP contribution in [0.4, 0.5) is 0 Å². The Labute approximate surface area is 117 Å². The fourth-order valence-electron chi connectivity index (χ4n) is 2.29. The van der Waals surface area contributed by atoms with Gasteiger partial charge in [0.05, 0.1) is 12.9 Å². The zero-order chi connectivity index (χ0) is 14.3. The van der Waals surface area contributed by atoms with Crippen molar-refractivity contribution in [2.45, 2.75) is 51.7 Å². The van der Waals surface area contributed by atoms with Crippen LogP contribution in [0, 0.1) is 17.8 Å². The Bertz CT molecular complexity index is 355. The largest absolute Gasteiger partial charge is 0.501 e. The van der Waals surface area contributed by atoms with Crippen molar-refractivity contribution < 1.29 is 9.84 Å². The number of aliphatic hydroxyl groups is 1. The molecule has 0 aromatic carbocycles. The third-order valence-electron chi connectivity index (χ3n) is 3.89. The highest BCUT2D eigenvalue weighted by Crippen LogP contribution is 2.30. The summed E-state index contributed by atoms with van der Waals surface area (Å²) in [6, 6.07) is 0.361. The summed E-state index contributed by atoms with van der Waals surface area (Å²) in [5, 5.41) is 10.6. The minimum atomic E-state index is -0.875. The molecule has 19 heavy (non-hydrogen) atoms. The van der Waals surface area contributed by atoms with Gasteiger partial charge in [-0.15, -0.1) is 0 Å². The van der Waals surface area contributed by atoms with Gasteiger partial charge in [-0.3, -0.25) is 0 Å². The number of hydrogen-bond acceptors (Lipinski definition) is 3. The van der Waals surface area contributed by atoms with Crippen LogP contribution in [0.15, 0.2) is 12.3 Å². The lowest BCUT2D eigenvalue weighted by Gasteiger charge is -2.42. The molecule has 3 atom stereocenters. The summed E-state index contributed by atoms with van der Waals surface area (Å²) < 4.78 is 5.29. The van der Waals surface area contributed by atoms with Crippen LogP contribution < -0.4 is 0 Å². The minimum Gasteiger partial charge on any atom is -0.501 e. The Morgan fingerprint density at radius 3 is 2.89 bits per heavy atom. The number of rotatable bonds is 4. The van der Waals surface area contributed by atoms with Gasteiger partial charge in [-0.1, -0.05) is 32.1 Å². The molecule has 3 unspecified atom stereocenters. The first-order chi connectivity index (χ1) is 8.99. The van der Waals surface area contributed by atoms with E-state index >= 15 is 0 Å². The van der Waals surface area contributed by atoms with Gasteiger partial charge >= 0.3 is 0 Å². The standard InChI is InChI=1S/C16H27NO2/c1-5-6-10-19-11-8-7-9-16(18)12-15(3)17(4)13-14(16)2/h8,11,14-15,18H,5-6,10,12-13H2,1-4H3/b11-8+. The average Bonchev–Trinajstić information content (AvgIpc) is 2.36. The van der Waals surface area contributed by atoms with Crippen molar-refractivity contribution in [3.05, 3.63) is 12.3 Å². The molecule has 0 saturated carbocycles. The zero-order valence-corrected chi connectivity index (χ0v) is 12.6. The highest BCUT2D eigenvalue weighted by Gasteiger charge is 2.39. The number of hydrogen-bond donors (Lipinski definition) is 1. The van der Waals surface area contributed by atoms with Gasteiger partial charge < -0.3 is 14.7 Å². The predicted octanol–water partition coefficient (Wildman–Crippen LogP) is 2.41. The summed E-state index contributed by atoms with van der Waals surface area (Å²) in [5.74, 6) is 6.08. The second-order valence-corrected chi connectivity index (χ2v) is 5.61. The molecule has 3 nitrogen and oxygen atoms in total. The molecule has 1 fully saturated rings. The molecule has 0 aromatic rings. The maximum atomic E-state index is 10.6. The fourth-order valence-corrected chi connectivity index (χ4v) is 2.29. The molecule has 1 aliphatic rings. The van der Waals surface area contributed by atoms with Gasteiger partial charge in [-0.2, -0.15) is 0 Å². The first-order valence-electron chi connectivity index (χ1n) is 7.21. The first-order valence-corrected chi connectivity index (χ1v) is 7.21. The smallest absolute Gasteiger partial charge is 0.131 e. The van der Waals surface area contributed by atoms with Crippen molar-refractivity contribution in [1.29, 1.82) is 0 Å². The van der Waals surface area contributed by atoms with Gasteiger partial charge in [-0.25, -0.2) is 0 Å². The third-order valence-corrected chi connectivity index (χ3v) is 3.89. The SMILES string of the molecule is CCCCO/C=C/C#CC1(O)CC(C)N(C)CC1C. The van der Waals surface area contributed by atoms with Gasteiger partial charge in [0.1, 0.15) is 5.60 Å². The molecular weight excluding hydrogens is 238 g/mol. The van der Waals surface area contributed by atoms with Crippen LogP contribution in [0.1, 0.15) is 40.0 Å². The van der Waals surface area contributed by atoms with Crippen molar-refractivity contribution >= 4 is 0 Å². The molecule has 1 heterocycles. The van der Waals surface area contributed by atoms with Crippen molar-refractivity contribution in [2.75, 3.05) is 20.2 Å². The summed E-state index contributed by atoms with van der Waals surface area (Å²) in [7, 11) is 2.09. The molecule has 0 amide bonds. The zero-order valence-electron chi connectivity index (χ0n) is 12.6. The molecule has 1 aliphatic heterocycles. The molecule has 108 valence electrons. The summed E-state index contributed by atoms with van der Waals surface area (Å²) >= 11 is 0. The van der Waals surface area contributed by atoms with Crippen molar-refractivity contribution in [2.24, 2.45) is 5.92 Å². The Hall–Kier alpha value is -0.980. The molecular formula is C16H27NO2. The van der Waals surface area contributed by atoms with Crippen LogP contribution >= 0.6 is 0 Å². The second-order valence-electron chi connectivity index (χ2n) is 5.61. The lowest BCUT2D eigenvalue weighted by atomic mass is 9.79. The number of unbranched alkanes of at least 4 members (excludes halogenated alkanes) is 1. The average molecular weight is 265 g/mol. The Kier molecular flexibility index (Phi) is 6.41. The van der Waals surface area contributed by atoms with Crippen LogP contribution in [0.25, 0.3) is 0 Å². The van der Waals surface area contributed by atoms with Gasteiger partial charge in [0.15, 0.2) is 0 Å². The highest BCUT2D eigenvalue weighted by molar-refractivity contribution is 5.24. The molecule has 1 saturated heterocycles. The van der Waals surface area contributed by atoms with E-state index in [2.05, 4.69) is 44.6 Å². The molecule has 0 aromatic heterocycles. The van der Waals surface area contributed by atoms with Crippen molar-refractivity contribution in [3.63, 3.8) is 0 Å². The topological polar surface area (TPSA) is 32.7 Å². The van der Waals surface area contributed by atoms with E-state index < -0.39 is 5.60 Å². The number of likely N-dealkylation sites (tertiary alicyclic amines) is 1. The maximum absolute atomic E-state index is 10.6. The molecule has 1 N–H and O–H groups in total. The Morgan fingerprint density at radius 1 is 1.47 bits per heavy atom. The number of allylic oxidation sites excluding steroid dienone is 1. The van der Waals surface area contributed by atoms with Crippen LogP contribution in [0.2, 0.25) is 0 Å². The van der Waals surface area contributed by atoms with Crippen LogP contribution in [0.3, 0.4) is 0 Å². The fraction of sp³-hybridized carbons (Fsp3) is 0.750. The molecule has 0 radical (unpaired) electrons. The van der Waals surface area contributed by atoms with E-state index in [4.69, 9.17) is 4.74 Å². The van der Waals surface area contributed by atoms with Gasteiger partial charge in [-0.05, 0) is 20.4 Å². The summed E-state index contributed by atoms with van der Waals surface area (Å²) in [6.45, 7) is 7.92. The van der Waals surface area contributed by atoms with Crippen molar-refractivity contribution in [1.82, 2.24) is 4.90 Å². The normalized spacial score (nSPS) is 32.1. The van der Waals surface area contributed by atoms with E-state index in [9.17, 15) is 5.11 Å². The minimum absolute atomic E-state index is 0.163. The van der Waals surface area contributed by atoms with E-state index in [1.54, 1.807) is 12.3 Å². The Morgan fingerprint density at radius 2 is 2.21 bits per heavy atom. The molecule has 1 rings (SSSR count).